The van der Waals surface area contributed by atoms with Gasteiger partial charge >= 0.3 is 0 Å². The molecule has 0 bridgehead atoms. The van der Waals surface area contributed by atoms with Crippen molar-refractivity contribution in [2.75, 3.05) is 12.4 Å². The van der Waals surface area contributed by atoms with Gasteiger partial charge in [-0.3, -0.25) is 4.79 Å². The van der Waals surface area contributed by atoms with E-state index in [-0.39, 0.29) is 5.82 Å². The zero-order valence-electron chi connectivity index (χ0n) is 12.0. The van der Waals surface area contributed by atoms with Crippen molar-refractivity contribution in [2.45, 2.75) is 13.0 Å². The molecule has 2 rings (SSSR count). The minimum Gasteiger partial charge on any atom is -0.495 e. The van der Waals surface area contributed by atoms with Crippen molar-refractivity contribution in [3.05, 3.63) is 35.9 Å². The lowest BCUT2D eigenvalue weighted by molar-refractivity contribution is -0.121. The molecule has 0 saturated heterocycles. The van der Waals surface area contributed by atoms with Crippen molar-refractivity contribution < 1.29 is 19.2 Å². The Hall–Kier alpha value is -2.92. The maximum atomic E-state index is 12.1. The van der Waals surface area contributed by atoms with Gasteiger partial charge in [-0.25, -0.2) is 4.98 Å². The number of pyridine rings is 1. The molecular weight excluding hydrogens is 288 g/mol. The van der Waals surface area contributed by atoms with E-state index in [2.05, 4.69) is 15.5 Å². The van der Waals surface area contributed by atoms with E-state index in [4.69, 9.17) is 14.5 Å². The Morgan fingerprint density at radius 1 is 1.50 bits per heavy atom. The van der Waals surface area contributed by atoms with Crippen LogP contribution in [0.4, 0.5) is 5.82 Å². The number of ether oxygens (including phenoxy) is 1. The molecule has 2 unspecified atom stereocenters. The topological polar surface area (TPSA) is 121 Å². The Morgan fingerprint density at radius 3 is 2.77 bits per heavy atom. The van der Waals surface area contributed by atoms with Crippen molar-refractivity contribution in [3.63, 3.8) is 0 Å². The van der Waals surface area contributed by atoms with E-state index >= 15 is 0 Å². The molecule has 2 heterocycles. The molecule has 2 atom stereocenters. The largest absolute Gasteiger partial charge is 0.495 e. The first kappa shape index (κ1) is 15.5. The lowest BCUT2D eigenvalue weighted by atomic mass is 9.97. The van der Waals surface area contributed by atoms with Crippen LogP contribution in [0.3, 0.4) is 0 Å². The maximum absolute atomic E-state index is 12.1. The van der Waals surface area contributed by atoms with Crippen molar-refractivity contribution in [3.8, 4) is 11.8 Å². The quantitative estimate of drug-likeness (QED) is 0.850. The number of rotatable bonds is 5. The minimum absolute atomic E-state index is 0.250. The normalized spacial score (nSPS) is 13.0. The summed E-state index contributed by atoms with van der Waals surface area (Å²) in [5.74, 6) is -0.853. The molecule has 1 amide bonds. The summed E-state index contributed by atoms with van der Waals surface area (Å²) in [5, 5.41) is 25.3. The smallest absolute Gasteiger partial charge is 0.245 e. The number of nitrogens with one attached hydrogen (secondary N) is 1. The number of aliphatic hydroxyl groups is 1. The second kappa shape index (κ2) is 6.69. The summed E-state index contributed by atoms with van der Waals surface area (Å²) in [5.41, 5.74) is 0.296. The van der Waals surface area contributed by atoms with Gasteiger partial charge in [-0.1, -0.05) is 5.16 Å². The van der Waals surface area contributed by atoms with Crippen LogP contribution < -0.4 is 10.1 Å². The number of hydrogen-bond donors (Lipinski definition) is 2. The SMILES string of the molecule is COc1ccc(NC(=O)C(C#N)C(O)c2cnoc2C)nc1. The predicted octanol–water partition coefficient (Wildman–Crippen LogP) is 1.20. The Kier molecular flexibility index (Phi) is 4.70. The average molecular weight is 302 g/mol. The predicted molar refractivity (Wildman–Crippen MR) is 74.7 cm³/mol. The van der Waals surface area contributed by atoms with E-state index < -0.39 is 17.9 Å². The van der Waals surface area contributed by atoms with Crippen LogP contribution in [-0.2, 0) is 4.79 Å². The standard InChI is InChI=1S/C14H14N4O4/c1-8-11(7-17-22-8)13(19)10(5-15)14(20)18-12-4-3-9(21-2)6-16-12/h3-4,6-7,10,13,19H,1-2H3,(H,16,18,20). The van der Waals surface area contributed by atoms with Crippen molar-refractivity contribution in [2.24, 2.45) is 5.92 Å². The van der Waals surface area contributed by atoms with Crippen molar-refractivity contribution >= 4 is 11.7 Å². The summed E-state index contributed by atoms with van der Waals surface area (Å²) in [6.45, 7) is 1.59. The fourth-order valence-electron chi connectivity index (χ4n) is 1.82. The fraction of sp³-hybridized carbons (Fsp3) is 0.286. The number of carbonyl (C=O) groups is 1. The first-order chi connectivity index (χ1) is 10.6. The van der Waals surface area contributed by atoms with Gasteiger partial charge < -0.3 is 19.7 Å². The van der Waals surface area contributed by atoms with Crippen LogP contribution in [0.15, 0.2) is 29.0 Å². The summed E-state index contributed by atoms with van der Waals surface area (Å²) < 4.78 is 9.78. The molecule has 2 aromatic rings. The summed E-state index contributed by atoms with van der Waals surface area (Å²) in [6.07, 6.45) is 1.37. The molecule has 2 aromatic heterocycles. The lowest BCUT2D eigenvalue weighted by Gasteiger charge is -2.15. The van der Waals surface area contributed by atoms with Gasteiger partial charge in [0.1, 0.15) is 23.4 Å². The molecule has 0 aliphatic rings. The number of nitriles is 1. The molecule has 2 N–H and O–H groups in total. The van der Waals surface area contributed by atoms with Crippen LogP contribution in [0, 0.1) is 24.2 Å². The lowest BCUT2D eigenvalue weighted by Crippen LogP contribution is -2.27. The highest BCUT2D eigenvalue weighted by molar-refractivity contribution is 5.93. The third kappa shape index (κ3) is 3.21. The van der Waals surface area contributed by atoms with Crippen molar-refractivity contribution in [1.29, 1.82) is 5.26 Å². The molecule has 0 aromatic carbocycles. The second-order valence-electron chi connectivity index (χ2n) is 4.46. The Labute approximate surface area is 126 Å². The molecule has 8 nitrogen and oxygen atoms in total. The van der Waals surface area contributed by atoms with Crippen LogP contribution in [0.5, 0.6) is 5.75 Å². The van der Waals surface area contributed by atoms with Gasteiger partial charge in [0.05, 0.1) is 25.6 Å². The van der Waals surface area contributed by atoms with E-state index in [1.54, 1.807) is 19.1 Å². The number of amides is 1. The summed E-state index contributed by atoms with van der Waals surface area (Å²) in [4.78, 5) is 16.1. The molecule has 22 heavy (non-hydrogen) atoms. The van der Waals surface area contributed by atoms with Gasteiger partial charge in [-0.05, 0) is 19.1 Å². The Bertz CT molecular complexity index is 690. The van der Waals surface area contributed by atoms with Gasteiger partial charge in [-0.2, -0.15) is 5.26 Å². The summed E-state index contributed by atoms with van der Waals surface area (Å²) >= 11 is 0. The van der Waals surface area contributed by atoms with E-state index in [0.29, 0.717) is 17.1 Å². The highest BCUT2D eigenvalue weighted by atomic mass is 16.5. The number of methoxy groups -OCH3 is 1. The zero-order valence-corrected chi connectivity index (χ0v) is 12.0. The highest BCUT2D eigenvalue weighted by Gasteiger charge is 2.30. The van der Waals surface area contributed by atoms with Crippen molar-refractivity contribution in [1.82, 2.24) is 10.1 Å². The van der Waals surface area contributed by atoms with Gasteiger partial charge in [0.15, 0.2) is 5.92 Å². The molecule has 114 valence electrons. The molecule has 8 heteroatoms. The minimum atomic E-state index is -1.34. The van der Waals surface area contributed by atoms with E-state index in [9.17, 15) is 9.90 Å². The van der Waals surface area contributed by atoms with Crippen LogP contribution >= 0.6 is 0 Å². The molecule has 0 fully saturated rings. The number of aromatic nitrogens is 2. The average Bonchev–Trinajstić information content (AvgIpc) is 2.94. The maximum Gasteiger partial charge on any atom is 0.245 e. The molecule has 0 aliphatic heterocycles. The molecule has 0 aliphatic carbocycles. The van der Waals surface area contributed by atoms with E-state index in [1.165, 1.54) is 25.6 Å². The van der Waals surface area contributed by atoms with Gasteiger partial charge in [0, 0.05) is 5.56 Å². The zero-order chi connectivity index (χ0) is 16.1. The third-order valence-electron chi connectivity index (χ3n) is 3.07. The number of anilines is 1. The van der Waals surface area contributed by atoms with Gasteiger partial charge in [0.2, 0.25) is 5.91 Å². The van der Waals surface area contributed by atoms with Gasteiger partial charge in [0.25, 0.3) is 0 Å². The number of carbonyl (C=O) groups excluding carboxylic acids is 1. The van der Waals surface area contributed by atoms with Crippen LogP contribution in [0.25, 0.3) is 0 Å². The van der Waals surface area contributed by atoms with Crippen LogP contribution in [0.1, 0.15) is 17.4 Å². The summed E-state index contributed by atoms with van der Waals surface area (Å²) in [7, 11) is 1.50. The molecule has 0 radical (unpaired) electrons. The molecule has 0 spiro atoms. The first-order valence-electron chi connectivity index (χ1n) is 6.36. The molecule has 0 saturated carbocycles. The second-order valence-corrected chi connectivity index (χ2v) is 4.46. The van der Waals surface area contributed by atoms with E-state index in [1.807, 2.05) is 0 Å². The fourth-order valence-corrected chi connectivity index (χ4v) is 1.82. The number of aliphatic hydroxyl groups excluding tert-OH is 1. The van der Waals surface area contributed by atoms with E-state index in [0.717, 1.165) is 0 Å². The number of nitrogens with zero attached hydrogens (tertiary/aromatic N) is 3. The highest BCUT2D eigenvalue weighted by Crippen LogP contribution is 2.25. The Morgan fingerprint density at radius 2 is 2.27 bits per heavy atom. The number of hydrogen-bond acceptors (Lipinski definition) is 7. The Balaban J connectivity index is 2.12. The monoisotopic (exact) mass is 302 g/mol. The van der Waals surface area contributed by atoms with Crippen LogP contribution in [-0.4, -0.2) is 28.3 Å². The third-order valence-corrected chi connectivity index (χ3v) is 3.07. The number of aryl methyl sites for hydroxylation is 1. The van der Waals surface area contributed by atoms with Crippen LogP contribution in [0.2, 0.25) is 0 Å². The van der Waals surface area contributed by atoms with Gasteiger partial charge in [-0.15, -0.1) is 0 Å². The summed E-state index contributed by atoms with van der Waals surface area (Å²) in [6, 6.07) is 4.92. The first-order valence-corrected chi connectivity index (χ1v) is 6.36. The molecular formula is C14H14N4O4.